The van der Waals surface area contributed by atoms with Crippen LogP contribution in [0.5, 0.6) is 5.88 Å². The van der Waals surface area contributed by atoms with Crippen LogP contribution in [0.3, 0.4) is 0 Å². The fourth-order valence-corrected chi connectivity index (χ4v) is 4.19. The molecule has 156 valence electrons. The molecule has 0 bridgehead atoms. The summed E-state index contributed by atoms with van der Waals surface area (Å²) in [7, 11) is 0. The van der Waals surface area contributed by atoms with Crippen LogP contribution in [-0.2, 0) is 5.41 Å². The zero-order valence-corrected chi connectivity index (χ0v) is 18.8. The summed E-state index contributed by atoms with van der Waals surface area (Å²) in [5, 5.41) is 13.0. The molecule has 1 atom stereocenters. The summed E-state index contributed by atoms with van der Waals surface area (Å²) in [6, 6.07) is 16.6. The van der Waals surface area contributed by atoms with Gasteiger partial charge in [0.1, 0.15) is 0 Å². The fourth-order valence-electron chi connectivity index (χ4n) is 3.32. The minimum Gasteiger partial charge on any atom is -0.448 e. The largest absolute Gasteiger partial charge is 0.448 e. The summed E-state index contributed by atoms with van der Waals surface area (Å²) in [6.07, 6.45) is 1.91. The van der Waals surface area contributed by atoms with Gasteiger partial charge in [-0.15, -0.1) is 10.2 Å². The van der Waals surface area contributed by atoms with Crippen molar-refractivity contribution in [3.05, 3.63) is 59.7 Å². The van der Waals surface area contributed by atoms with Crippen molar-refractivity contribution >= 4 is 17.4 Å². The number of ether oxygens (including phenoxy) is 1. The SMILES string of the molecule is CCCCSc1nnc2c(n1)O[C@@H](c1ccc(C(C)(C)C)cc1)Nc1ccccc1-2. The monoisotopic (exact) mass is 420 g/mol. The van der Waals surface area contributed by atoms with Gasteiger partial charge in [-0.1, -0.05) is 88.3 Å². The Morgan fingerprint density at radius 3 is 2.53 bits per heavy atom. The highest BCUT2D eigenvalue weighted by molar-refractivity contribution is 7.99. The molecule has 4 rings (SSSR count). The maximum absolute atomic E-state index is 6.36. The molecular weight excluding hydrogens is 392 g/mol. The second-order valence-corrected chi connectivity index (χ2v) is 9.57. The first-order valence-corrected chi connectivity index (χ1v) is 11.4. The highest BCUT2D eigenvalue weighted by Crippen LogP contribution is 2.39. The highest BCUT2D eigenvalue weighted by Gasteiger charge is 2.26. The van der Waals surface area contributed by atoms with Gasteiger partial charge in [0.2, 0.25) is 11.0 Å². The van der Waals surface area contributed by atoms with Gasteiger partial charge in [0.05, 0.1) is 0 Å². The van der Waals surface area contributed by atoms with Gasteiger partial charge in [-0.3, -0.25) is 0 Å². The molecule has 0 radical (unpaired) electrons. The quantitative estimate of drug-likeness (QED) is 0.390. The molecule has 2 aromatic carbocycles. The minimum atomic E-state index is -0.355. The van der Waals surface area contributed by atoms with Crippen LogP contribution in [0.25, 0.3) is 11.3 Å². The van der Waals surface area contributed by atoms with Crippen molar-refractivity contribution in [2.24, 2.45) is 0 Å². The van der Waals surface area contributed by atoms with Crippen molar-refractivity contribution in [2.45, 2.75) is 57.3 Å². The molecule has 1 aromatic heterocycles. The fraction of sp³-hybridized carbons (Fsp3) is 0.375. The Hall–Kier alpha value is -2.60. The van der Waals surface area contributed by atoms with Crippen LogP contribution < -0.4 is 10.1 Å². The van der Waals surface area contributed by atoms with Gasteiger partial charge >= 0.3 is 0 Å². The normalized spacial score (nSPS) is 15.4. The summed E-state index contributed by atoms with van der Waals surface area (Å²) in [6.45, 7) is 8.83. The molecule has 0 unspecified atom stereocenters. The number of nitrogens with one attached hydrogen (secondary N) is 1. The van der Waals surface area contributed by atoms with Crippen LogP contribution in [0.1, 0.15) is 57.9 Å². The third kappa shape index (κ3) is 4.43. The lowest BCUT2D eigenvalue weighted by Gasteiger charge is -2.22. The van der Waals surface area contributed by atoms with E-state index in [-0.39, 0.29) is 11.6 Å². The zero-order valence-electron chi connectivity index (χ0n) is 18.0. The Morgan fingerprint density at radius 1 is 1.03 bits per heavy atom. The van der Waals surface area contributed by atoms with Crippen LogP contribution in [0.15, 0.2) is 53.7 Å². The lowest BCUT2D eigenvalue weighted by atomic mass is 9.86. The van der Waals surface area contributed by atoms with Gasteiger partial charge in [0, 0.05) is 22.6 Å². The molecule has 30 heavy (non-hydrogen) atoms. The number of benzene rings is 2. The number of hydrogen-bond acceptors (Lipinski definition) is 6. The molecule has 0 saturated heterocycles. The first-order chi connectivity index (χ1) is 14.5. The van der Waals surface area contributed by atoms with E-state index in [2.05, 4.69) is 67.5 Å². The summed E-state index contributed by atoms with van der Waals surface area (Å²) >= 11 is 1.62. The van der Waals surface area contributed by atoms with E-state index in [1.165, 1.54) is 5.56 Å². The standard InChI is InChI=1S/C24H28N4OS/c1-5-6-15-30-23-26-22-20(27-28-23)18-9-7-8-10-19(18)25-21(29-22)16-11-13-17(14-12-16)24(2,3)4/h7-14,21,25H,5-6,15H2,1-4H3/t21-/m0/s1. The van der Waals surface area contributed by atoms with E-state index in [1.54, 1.807) is 11.8 Å². The van der Waals surface area contributed by atoms with E-state index < -0.39 is 0 Å². The Kier molecular flexibility index (Phi) is 5.95. The van der Waals surface area contributed by atoms with E-state index in [0.29, 0.717) is 16.7 Å². The van der Waals surface area contributed by atoms with Gasteiger partial charge in [-0.05, 0) is 23.5 Å². The Bertz CT molecular complexity index is 1010. The number of rotatable bonds is 5. The topological polar surface area (TPSA) is 59.9 Å². The van der Waals surface area contributed by atoms with Crippen molar-refractivity contribution in [3.8, 4) is 17.1 Å². The molecule has 0 fully saturated rings. The molecule has 1 aliphatic rings. The predicted octanol–water partition coefficient (Wildman–Crippen LogP) is 6.23. The molecule has 1 aliphatic heterocycles. The second kappa shape index (κ2) is 8.64. The van der Waals surface area contributed by atoms with Gasteiger partial charge in [-0.25, -0.2) is 0 Å². The lowest BCUT2D eigenvalue weighted by Crippen LogP contribution is -2.18. The molecule has 5 nitrogen and oxygen atoms in total. The summed E-state index contributed by atoms with van der Waals surface area (Å²) in [4.78, 5) is 4.70. The smallest absolute Gasteiger partial charge is 0.247 e. The first kappa shape index (κ1) is 20.7. The van der Waals surface area contributed by atoms with Crippen LogP contribution in [0.2, 0.25) is 0 Å². The maximum atomic E-state index is 6.36. The van der Waals surface area contributed by atoms with Gasteiger partial charge in [-0.2, -0.15) is 4.98 Å². The summed E-state index contributed by atoms with van der Waals surface area (Å²) < 4.78 is 6.36. The number of nitrogens with zero attached hydrogens (tertiary/aromatic N) is 3. The van der Waals surface area contributed by atoms with Crippen molar-refractivity contribution in [1.29, 1.82) is 0 Å². The van der Waals surface area contributed by atoms with Crippen molar-refractivity contribution in [1.82, 2.24) is 15.2 Å². The van der Waals surface area contributed by atoms with Crippen LogP contribution in [0.4, 0.5) is 5.69 Å². The van der Waals surface area contributed by atoms with Crippen molar-refractivity contribution in [2.75, 3.05) is 11.1 Å². The number of para-hydroxylation sites is 1. The second-order valence-electron chi connectivity index (χ2n) is 8.51. The number of anilines is 1. The number of unbranched alkanes of at least 4 members (excludes halogenated alkanes) is 1. The molecular formula is C24H28N4OS. The first-order valence-electron chi connectivity index (χ1n) is 10.5. The molecule has 6 heteroatoms. The van der Waals surface area contributed by atoms with Gasteiger partial charge in [0.15, 0.2) is 11.9 Å². The van der Waals surface area contributed by atoms with Crippen molar-refractivity contribution < 1.29 is 4.74 Å². The van der Waals surface area contributed by atoms with Crippen LogP contribution in [0, 0.1) is 0 Å². The summed E-state index contributed by atoms with van der Waals surface area (Å²) in [5.74, 6) is 1.50. The molecule has 2 heterocycles. The van der Waals surface area contributed by atoms with Crippen molar-refractivity contribution in [3.63, 3.8) is 0 Å². The Balaban J connectivity index is 1.70. The molecule has 0 saturated carbocycles. The number of hydrogen-bond donors (Lipinski definition) is 1. The van der Waals surface area contributed by atoms with E-state index in [1.807, 2.05) is 24.3 Å². The average Bonchev–Trinajstić information content (AvgIpc) is 2.90. The highest BCUT2D eigenvalue weighted by atomic mass is 32.2. The average molecular weight is 421 g/mol. The third-order valence-corrected chi connectivity index (χ3v) is 6.07. The molecule has 0 amide bonds. The summed E-state index contributed by atoms with van der Waals surface area (Å²) in [5.41, 5.74) is 5.03. The molecule has 0 aliphatic carbocycles. The van der Waals surface area contributed by atoms with E-state index in [4.69, 9.17) is 9.72 Å². The third-order valence-electron chi connectivity index (χ3n) is 5.14. The van der Waals surface area contributed by atoms with E-state index >= 15 is 0 Å². The van der Waals surface area contributed by atoms with E-state index in [0.717, 1.165) is 35.4 Å². The molecule has 3 aromatic rings. The lowest BCUT2D eigenvalue weighted by molar-refractivity contribution is 0.225. The number of fused-ring (bicyclic) bond motifs is 3. The predicted molar refractivity (Wildman–Crippen MR) is 123 cm³/mol. The number of thioether (sulfide) groups is 1. The van der Waals surface area contributed by atoms with Gasteiger partial charge < -0.3 is 10.1 Å². The van der Waals surface area contributed by atoms with Gasteiger partial charge in [0.25, 0.3) is 0 Å². The number of aromatic nitrogens is 3. The Morgan fingerprint density at radius 2 is 1.80 bits per heavy atom. The maximum Gasteiger partial charge on any atom is 0.247 e. The van der Waals surface area contributed by atoms with Crippen LogP contribution >= 0.6 is 11.8 Å². The minimum absolute atomic E-state index is 0.108. The molecule has 1 N–H and O–H groups in total. The molecule has 0 spiro atoms. The van der Waals surface area contributed by atoms with Crippen LogP contribution in [-0.4, -0.2) is 20.9 Å². The van der Waals surface area contributed by atoms with E-state index in [9.17, 15) is 0 Å². The zero-order chi connectivity index (χ0) is 21.1. The Labute approximate surface area is 182 Å².